The van der Waals surface area contributed by atoms with Gasteiger partial charge in [0.05, 0.1) is 13.1 Å². The summed E-state index contributed by atoms with van der Waals surface area (Å²) >= 11 is 0. The van der Waals surface area contributed by atoms with Gasteiger partial charge >= 0.3 is 0 Å². The Labute approximate surface area is 223 Å². The zero-order valence-electron chi connectivity index (χ0n) is 21.6. The molecule has 2 aromatic heterocycles. The van der Waals surface area contributed by atoms with Gasteiger partial charge in [-0.3, -0.25) is 9.69 Å². The molecule has 0 saturated heterocycles. The Hall–Kier alpha value is -3.75. The first kappa shape index (κ1) is 24.6. The molecule has 8 heteroatoms. The maximum absolute atomic E-state index is 13.3. The average molecular weight is 510 g/mol. The molecule has 0 bridgehead atoms. The lowest BCUT2D eigenvalue weighted by Gasteiger charge is -2.35. The van der Waals surface area contributed by atoms with Crippen LogP contribution in [0, 0.1) is 0 Å². The van der Waals surface area contributed by atoms with E-state index in [1.165, 1.54) is 42.4 Å². The summed E-state index contributed by atoms with van der Waals surface area (Å²) in [6.07, 6.45) is 11.9. The van der Waals surface area contributed by atoms with Crippen LogP contribution in [0.5, 0.6) is 0 Å². The molecule has 6 rings (SSSR count). The third kappa shape index (κ3) is 5.71. The lowest BCUT2D eigenvalue weighted by atomic mass is 9.90. The van der Waals surface area contributed by atoms with Crippen LogP contribution < -0.4 is 5.32 Å². The number of hydrogen-bond donors (Lipinski definition) is 3. The van der Waals surface area contributed by atoms with E-state index in [1.807, 2.05) is 12.1 Å². The van der Waals surface area contributed by atoms with Crippen molar-refractivity contribution < 1.29 is 4.79 Å². The summed E-state index contributed by atoms with van der Waals surface area (Å²) in [4.78, 5) is 32.5. The van der Waals surface area contributed by atoms with Crippen molar-refractivity contribution >= 4 is 5.91 Å². The fourth-order valence-electron chi connectivity index (χ4n) is 5.80. The Morgan fingerprint density at radius 2 is 1.47 bits per heavy atom. The first-order valence-corrected chi connectivity index (χ1v) is 13.6. The number of amides is 1. The lowest BCUT2D eigenvalue weighted by Crippen LogP contribution is -2.40. The van der Waals surface area contributed by atoms with E-state index in [0.29, 0.717) is 30.7 Å². The SMILES string of the molecule is O=C(c1ccc(CNC2CCC(N3Cc4ccccc4C3)CC2)cc1)N(Cc1ncc[nH]1)Cc1ncc[nH]1. The van der Waals surface area contributed by atoms with Crippen molar-refractivity contribution in [1.82, 2.24) is 35.1 Å². The second-order valence-corrected chi connectivity index (χ2v) is 10.5. The predicted octanol–water partition coefficient (Wildman–Crippen LogP) is 4.39. The van der Waals surface area contributed by atoms with Crippen LogP contribution >= 0.6 is 0 Å². The largest absolute Gasteiger partial charge is 0.347 e. The monoisotopic (exact) mass is 509 g/mol. The molecule has 4 aromatic rings. The molecular formula is C30H35N7O. The van der Waals surface area contributed by atoms with E-state index in [9.17, 15) is 4.79 Å². The second-order valence-electron chi connectivity index (χ2n) is 10.5. The molecule has 0 radical (unpaired) electrons. The minimum atomic E-state index is -0.0419. The van der Waals surface area contributed by atoms with Crippen LogP contribution in [0.15, 0.2) is 73.3 Å². The van der Waals surface area contributed by atoms with Crippen molar-refractivity contribution in [3.8, 4) is 0 Å². The average Bonchev–Trinajstić information content (AvgIpc) is 3.74. The number of nitrogens with one attached hydrogen (secondary N) is 3. The Balaban J connectivity index is 0.999. The number of benzene rings is 2. The molecule has 196 valence electrons. The number of carbonyl (C=O) groups is 1. The zero-order valence-corrected chi connectivity index (χ0v) is 21.6. The van der Waals surface area contributed by atoms with Gasteiger partial charge in [0, 0.05) is 62.1 Å². The van der Waals surface area contributed by atoms with Crippen LogP contribution in [0.25, 0.3) is 0 Å². The van der Waals surface area contributed by atoms with Gasteiger partial charge in [0.15, 0.2) is 0 Å². The van der Waals surface area contributed by atoms with Gasteiger partial charge in [0.1, 0.15) is 11.6 Å². The smallest absolute Gasteiger partial charge is 0.254 e. The maximum atomic E-state index is 13.3. The van der Waals surface area contributed by atoms with E-state index in [0.717, 1.165) is 31.3 Å². The summed E-state index contributed by atoms with van der Waals surface area (Å²) in [5.74, 6) is 1.45. The first-order valence-electron chi connectivity index (χ1n) is 13.6. The van der Waals surface area contributed by atoms with Crippen LogP contribution in [0.2, 0.25) is 0 Å². The minimum absolute atomic E-state index is 0.0419. The Bertz CT molecular complexity index is 1250. The first-order chi connectivity index (χ1) is 18.7. The van der Waals surface area contributed by atoms with Crippen molar-refractivity contribution in [2.24, 2.45) is 0 Å². The third-order valence-electron chi connectivity index (χ3n) is 7.95. The molecule has 1 aliphatic heterocycles. The van der Waals surface area contributed by atoms with Gasteiger partial charge in [-0.2, -0.15) is 0 Å². The number of aromatic amines is 2. The quantitative estimate of drug-likeness (QED) is 0.311. The summed E-state index contributed by atoms with van der Waals surface area (Å²) in [6.45, 7) is 3.81. The van der Waals surface area contributed by atoms with Crippen LogP contribution in [-0.4, -0.2) is 47.7 Å². The van der Waals surface area contributed by atoms with Crippen LogP contribution in [0.3, 0.4) is 0 Å². The van der Waals surface area contributed by atoms with E-state index in [-0.39, 0.29) is 5.91 Å². The fourth-order valence-corrected chi connectivity index (χ4v) is 5.80. The molecule has 1 fully saturated rings. The normalized spacial score (nSPS) is 19.4. The highest BCUT2D eigenvalue weighted by Gasteiger charge is 2.29. The van der Waals surface area contributed by atoms with Crippen molar-refractivity contribution in [2.45, 2.75) is 70.5 Å². The molecule has 1 amide bonds. The number of nitrogens with zero attached hydrogens (tertiary/aromatic N) is 4. The predicted molar refractivity (Wildman–Crippen MR) is 146 cm³/mol. The van der Waals surface area contributed by atoms with Crippen LogP contribution in [-0.2, 0) is 32.7 Å². The summed E-state index contributed by atoms with van der Waals surface area (Å²) in [5.41, 5.74) is 4.86. The number of H-pyrrole nitrogens is 2. The van der Waals surface area contributed by atoms with Crippen LogP contribution in [0.1, 0.15) is 64.4 Å². The molecular weight excluding hydrogens is 474 g/mol. The molecule has 0 spiro atoms. The number of hydrogen-bond acceptors (Lipinski definition) is 5. The second kappa shape index (κ2) is 11.3. The lowest BCUT2D eigenvalue weighted by molar-refractivity contribution is 0.0721. The summed E-state index contributed by atoms with van der Waals surface area (Å²) < 4.78 is 0. The number of fused-ring (bicyclic) bond motifs is 1. The van der Waals surface area contributed by atoms with E-state index >= 15 is 0 Å². The Kier molecular flexibility index (Phi) is 7.33. The Morgan fingerprint density at radius 1 is 0.868 bits per heavy atom. The number of carbonyl (C=O) groups excluding carboxylic acids is 1. The van der Waals surface area contributed by atoms with Crippen molar-refractivity contribution in [3.63, 3.8) is 0 Å². The van der Waals surface area contributed by atoms with E-state index < -0.39 is 0 Å². The number of aromatic nitrogens is 4. The molecule has 1 saturated carbocycles. The molecule has 3 heterocycles. The van der Waals surface area contributed by atoms with Gasteiger partial charge in [-0.15, -0.1) is 0 Å². The summed E-state index contributed by atoms with van der Waals surface area (Å²) in [6, 6.07) is 18.1. The molecule has 38 heavy (non-hydrogen) atoms. The summed E-state index contributed by atoms with van der Waals surface area (Å²) in [7, 11) is 0. The van der Waals surface area contributed by atoms with E-state index in [4.69, 9.17) is 0 Å². The van der Waals surface area contributed by atoms with Gasteiger partial charge in [-0.05, 0) is 54.5 Å². The highest BCUT2D eigenvalue weighted by molar-refractivity contribution is 5.94. The molecule has 8 nitrogen and oxygen atoms in total. The van der Waals surface area contributed by atoms with Crippen LogP contribution in [0.4, 0.5) is 0 Å². The van der Waals surface area contributed by atoms with Gasteiger partial charge < -0.3 is 20.2 Å². The molecule has 0 atom stereocenters. The molecule has 3 N–H and O–H groups in total. The van der Waals surface area contributed by atoms with Crippen molar-refractivity contribution in [3.05, 3.63) is 107 Å². The molecule has 1 aliphatic carbocycles. The molecule has 2 aliphatic rings. The Morgan fingerprint density at radius 3 is 2.03 bits per heavy atom. The van der Waals surface area contributed by atoms with Gasteiger partial charge in [-0.25, -0.2) is 9.97 Å². The third-order valence-corrected chi connectivity index (χ3v) is 7.95. The van der Waals surface area contributed by atoms with Gasteiger partial charge in [0.2, 0.25) is 0 Å². The minimum Gasteiger partial charge on any atom is -0.347 e. The van der Waals surface area contributed by atoms with Crippen molar-refractivity contribution in [1.29, 1.82) is 0 Å². The topological polar surface area (TPSA) is 92.9 Å². The van der Waals surface area contributed by atoms with Gasteiger partial charge in [-0.1, -0.05) is 36.4 Å². The van der Waals surface area contributed by atoms with E-state index in [1.54, 1.807) is 29.7 Å². The zero-order chi connectivity index (χ0) is 25.7. The molecule has 0 unspecified atom stereocenters. The maximum Gasteiger partial charge on any atom is 0.254 e. The fraction of sp³-hybridized carbons (Fsp3) is 0.367. The standard InChI is InChI=1S/C30H35N7O/c38-30(37(20-28-31-13-14-32-28)21-29-33-15-16-34-29)23-7-5-22(6-8-23)17-35-26-9-11-27(12-10-26)36-18-24-3-1-2-4-25(24)19-36/h1-8,13-16,26-27,35H,9-12,17-21H2,(H,31,32)(H,33,34). The van der Waals surface area contributed by atoms with E-state index in [2.05, 4.69) is 66.6 Å². The van der Waals surface area contributed by atoms with Crippen molar-refractivity contribution in [2.75, 3.05) is 0 Å². The highest BCUT2D eigenvalue weighted by atomic mass is 16.2. The summed E-state index contributed by atoms with van der Waals surface area (Å²) in [5, 5.41) is 3.76. The number of rotatable bonds is 9. The molecule has 2 aromatic carbocycles. The highest BCUT2D eigenvalue weighted by Crippen LogP contribution is 2.31. The van der Waals surface area contributed by atoms with Gasteiger partial charge in [0.25, 0.3) is 5.91 Å². The number of imidazole rings is 2.